The van der Waals surface area contributed by atoms with Crippen LogP contribution in [-0.2, 0) is 6.54 Å². The fourth-order valence-electron chi connectivity index (χ4n) is 4.20. The van der Waals surface area contributed by atoms with Crippen LogP contribution in [0, 0.1) is 20.8 Å². The Morgan fingerprint density at radius 2 is 1.63 bits per heavy atom. The number of aryl methyl sites for hydroxylation is 3. The summed E-state index contributed by atoms with van der Waals surface area (Å²) < 4.78 is 0. The number of benzene rings is 2. The third kappa shape index (κ3) is 5.03. The molecule has 0 atom stereocenters. The number of likely N-dealkylation sites (tertiary alicyclic amines) is 1. The molecule has 4 heteroatoms. The lowest BCUT2D eigenvalue weighted by Gasteiger charge is -2.33. The molecular formula is C26H30ClN3. The number of halogens is 1. The second kappa shape index (κ2) is 9.20. The van der Waals surface area contributed by atoms with E-state index in [1.54, 1.807) is 0 Å². The molecule has 0 spiro atoms. The molecular weight excluding hydrogens is 390 g/mol. The Morgan fingerprint density at radius 3 is 2.30 bits per heavy atom. The summed E-state index contributed by atoms with van der Waals surface area (Å²) in [6, 6.07) is 17.9. The number of hydrogen-bond acceptors (Lipinski definition) is 3. The molecule has 1 saturated heterocycles. The van der Waals surface area contributed by atoms with Gasteiger partial charge in [0.25, 0.3) is 0 Å². The van der Waals surface area contributed by atoms with Gasteiger partial charge in [0.15, 0.2) is 0 Å². The summed E-state index contributed by atoms with van der Waals surface area (Å²) in [5.74, 6) is 0. The van der Waals surface area contributed by atoms with Gasteiger partial charge in [0.05, 0.1) is 5.69 Å². The average Bonchev–Trinajstić information content (AvgIpc) is 2.75. The third-order valence-corrected chi connectivity index (χ3v) is 6.57. The van der Waals surface area contributed by atoms with E-state index in [1.165, 1.54) is 29.7 Å². The van der Waals surface area contributed by atoms with Gasteiger partial charge >= 0.3 is 0 Å². The van der Waals surface area contributed by atoms with Gasteiger partial charge in [0.2, 0.25) is 0 Å². The number of aromatic nitrogens is 1. The summed E-state index contributed by atoms with van der Waals surface area (Å²) >= 11 is 6.33. The van der Waals surface area contributed by atoms with Gasteiger partial charge in [-0.15, -0.1) is 0 Å². The van der Waals surface area contributed by atoms with E-state index in [1.807, 2.05) is 6.20 Å². The summed E-state index contributed by atoms with van der Waals surface area (Å²) in [4.78, 5) is 7.15. The third-order valence-electron chi connectivity index (χ3n) is 5.97. The molecule has 2 heterocycles. The number of hydrogen-bond donors (Lipinski definition) is 1. The van der Waals surface area contributed by atoms with E-state index in [-0.39, 0.29) is 0 Å². The SMILES string of the molecule is Cc1ccc(NC2CCN(Cc3ccnc(-c4cc(C)c(Cl)c(C)c4)c3)CC2)cc1. The number of nitrogens with one attached hydrogen (secondary N) is 1. The van der Waals surface area contributed by atoms with E-state index in [9.17, 15) is 0 Å². The highest BCUT2D eigenvalue weighted by Gasteiger charge is 2.19. The number of anilines is 1. The normalized spacial score (nSPS) is 15.3. The molecule has 0 aliphatic carbocycles. The van der Waals surface area contributed by atoms with Crippen molar-refractivity contribution in [2.24, 2.45) is 0 Å². The fourth-order valence-corrected chi connectivity index (χ4v) is 4.31. The van der Waals surface area contributed by atoms with E-state index in [0.717, 1.165) is 47.0 Å². The Balaban J connectivity index is 1.36. The van der Waals surface area contributed by atoms with Crippen molar-refractivity contribution in [2.75, 3.05) is 18.4 Å². The van der Waals surface area contributed by atoms with Crippen LogP contribution >= 0.6 is 11.6 Å². The molecule has 0 bridgehead atoms. The minimum Gasteiger partial charge on any atom is -0.382 e. The van der Waals surface area contributed by atoms with Crippen LogP contribution in [0.2, 0.25) is 5.02 Å². The molecule has 1 aliphatic rings. The Labute approximate surface area is 185 Å². The zero-order valence-corrected chi connectivity index (χ0v) is 18.8. The Morgan fingerprint density at radius 1 is 0.967 bits per heavy atom. The Bertz CT molecular complexity index is 982. The van der Waals surface area contributed by atoms with E-state index >= 15 is 0 Å². The van der Waals surface area contributed by atoms with Gasteiger partial charge in [-0.05, 0) is 86.7 Å². The summed E-state index contributed by atoms with van der Waals surface area (Å²) in [6.45, 7) is 9.43. The first-order valence-electron chi connectivity index (χ1n) is 10.8. The topological polar surface area (TPSA) is 28.2 Å². The smallest absolute Gasteiger partial charge is 0.0705 e. The fraction of sp³-hybridized carbons (Fsp3) is 0.346. The maximum Gasteiger partial charge on any atom is 0.0705 e. The summed E-state index contributed by atoms with van der Waals surface area (Å²) in [5, 5.41) is 4.54. The maximum absolute atomic E-state index is 6.33. The molecule has 4 rings (SSSR count). The number of piperidine rings is 1. The second-order valence-corrected chi connectivity index (χ2v) is 8.91. The molecule has 3 aromatic rings. The average molecular weight is 420 g/mol. The van der Waals surface area contributed by atoms with Crippen molar-refractivity contribution in [3.63, 3.8) is 0 Å². The monoisotopic (exact) mass is 419 g/mol. The summed E-state index contributed by atoms with van der Waals surface area (Å²) in [5.41, 5.74) is 8.20. The molecule has 1 N–H and O–H groups in total. The number of pyridine rings is 1. The molecule has 1 aromatic heterocycles. The van der Waals surface area contributed by atoms with Crippen LogP contribution in [0.5, 0.6) is 0 Å². The van der Waals surface area contributed by atoms with E-state index < -0.39 is 0 Å². The predicted molar refractivity (Wildman–Crippen MR) is 127 cm³/mol. The number of rotatable bonds is 5. The van der Waals surface area contributed by atoms with Gasteiger partial charge in [-0.3, -0.25) is 9.88 Å². The molecule has 156 valence electrons. The van der Waals surface area contributed by atoms with Gasteiger partial charge in [-0.2, -0.15) is 0 Å². The zero-order chi connectivity index (χ0) is 21.1. The minimum atomic E-state index is 0.553. The van der Waals surface area contributed by atoms with Crippen LogP contribution in [0.3, 0.4) is 0 Å². The van der Waals surface area contributed by atoms with Crippen molar-refractivity contribution in [1.82, 2.24) is 9.88 Å². The van der Waals surface area contributed by atoms with Crippen LogP contribution in [0.25, 0.3) is 11.3 Å². The largest absolute Gasteiger partial charge is 0.382 e. The highest BCUT2D eigenvalue weighted by atomic mass is 35.5. The molecule has 1 fully saturated rings. The predicted octanol–water partition coefficient (Wildman–Crippen LogP) is 6.40. The van der Waals surface area contributed by atoms with Crippen molar-refractivity contribution in [3.05, 3.63) is 82.0 Å². The molecule has 0 unspecified atom stereocenters. The van der Waals surface area contributed by atoms with Crippen molar-refractivity contribution in [3.8, 4) is 11.3 Å². The van der Waals surface area contributed by atoms with Crippen LogP contribution in [0.15, 0.2) is 54.7 Å². The minimum absolute atomic E-state index is 0.553. The number of nitrogens with zero attached hydrogens (tertiary/aromatic N) is 2. The lowest BCUT2D eigenvalue weighted by molar-refractivity contribution is 0.211. The maximum atomic E-state index is 6.33. The zero-order valence-electron chi connectivity index (χ0n) is 18.1. The standard InChI is InChI=1S/C26H30ClN3/c1-18-4-6-23(7-5-18)29-24-9-12-30(13-10-24)17-21-8-11-28-25(16-21)22-14-19(2)26(27)20(3)15-22/h4-8,11,14-16,24,29H,9-10,12-13,17H2,1-3H3. The second-order valence-electron chi connectivity index (χ2n) is 8.53. The Hall–Kier alpha value is -2.36. The summed E-state index contributed by atoms with van der Waals surface area (Å²) in [7, 11) is 0. The lowest BCUT2D eigenvalue weighted by Crippen LogP contribution is -2.38. The van der Waals surface area contributed by atoms with Crippen molar-refractivity contribution >= 4 is 17.3 Å². The first-order chi connectivity index (χ1) is 14.5. The van der Waals surface area contributed by atoms with Gasteiger partial charge in [0.1, 0.15) is 0 Å². The van der Waals surface area contributed by atoms with E-state index in [0.29, 0.717) is 6.04 Å². The van der Waals surface area contributed by atoms with Gasteiger partial charge in [0, 0.05) is 48.1 Å². The molecule has 0 saturated carbocycles. The molecule has 1 aliphatic heterocycles. The van der Waals surface area contributed by atoms with Crippen LogP contribution in [0.1, 0.15) is 35.1 Å². The van der Waals surface area contributed by atoms with Gasteiger partial charge in [-0.1, -0.05) is 29.3 Å². The quantitative estimate of drug-likeness (QED) is 0.518. The molecule has 0 amide bonds. The lowest BCUT2D eigenvalue weighted by atomic mass is 10.0. The molecule has 2 aromatic carbocycles. The molecule has 30 heavy (non-hydrogen) atoms. The van der Waals surface area contributed by atoms with Crippen molar-refractivity contribution < 1.29 is 0 Å². The van der Waals surface area contributed by atoms with Crippen molar-refractivity contribution in [2.45, 2.75) is 46.2 Å². The van der Waals surface area contributed by atoms with Crippen LogP contribution in [0.4, 0.5) is 5.69 Å². The van der Waals surface area contributed by atoms with Gasteiger partial charge in [-0.25, -0.2) is 0 Å². The van der Waals surface area contributed by atoms with Crippen LogP contribution < -0.4 is 5.32 Å². The first-order valence-corrected chi connectivity index (χ1v) is 11.1. The van der Waals surface area contributed by atoms with E-state index in [4.69, 9.17) is 11.6 Å². The van der Waals surface area contributed by atoms with Crippen molar-refractivity contribution in [1.29, 1.82) is 0 Å². The highest BCUT2D eigenvalue weighted by Crippen LogP contribution is 2.28. The molecule has 3 nitrogen and oxygen atoms in total. The molecule has 0 radical (unpaired) electrons. The van der Waals surface area contributed by atoms with E-state index in [2.05, 4.69) is 84.5 Å². The van der Waals surface area contributed by atoms with Gasteiger partial charge < -0.3 is 5.32 Å². The highest BCUT2D eigenvalue weighted by molar-refractivity contribution is 6.32. The van der Waals surface area contributed by atoms with Crippen LogP contribution in [-0.4, -0.2) is 29.0 Å². The summed E-state index contributed by atoms with van der Waals surface area (Å²) in [6.07, 6.45) is 4.26. The Kier molecular flexibility index (Phi) is 6.40. The first kappa shape index (κ1) is 20.9.